The smallest absolute Gasteiger partial charge is 0.0991 e. The number of hydrogen-bond acceptors (Lipinski definition) is 2. The number of hydrogen-bond donors (Lipinski definition) is 0. The Morgan fingerprint density at radius 1 is 1.40 bits per heavy atom. The molecular weight excluding hydrogens is 335 g/mol. The van der Waals surface area contributed by atoms with Crippen molar-refractivity contribution in [3.8, 4) is 0 Å². The molecule has 1 unspecified atom stereocenters. The molecule has 2 heterocycles. The second-order valence-electron chi connectivity index (χ2n) is 3.11. The van der Waals surface area contributed by atoms with Crippen molar-refractivity contribution >= 4 is 61.8 Å². The van der Waals surface area contributed by atoms with Crippen LogP contribution in [0.2, 0.25) is 8.67 Å². The van der Waals surface area contributed by atoms with Crippen LogP contribution in [0.4, 0.5) is 0 Å². The summed E-state index contributed by atoms with van der Waals surface area (Å²) in [6.07, 6.45) is 0. The molecule has 2 aromatic heterocycles. The van der Waals surface area contributed by atoms with Gasteiger partial charge in [-0.05, 0) is 30.0 Å². The van der Waals surface area contributed by atoms with Gasteiger partial charge in [0.15, 0.2) is 0 Å². The molecule has 2 rings (SSSR count). The van der Waals surface area contributed by atoms with Crippen molar-refractivity contribution in [1.82, 2.24) is 0 Å². The Bertz CT molecular complexity index is 475. The number of aryl methyl sites for hydroxylation is 1. The standard InChI is InChI=1S/C10H7BrCl2S2/c1-5-2-3-14-9(5)8(11)6-4-7(12)15-10(6)13/h2-4,8H,1H3. The van der Waals surface area contributed by atoms with Gasteiger partial charge in [0.1, 0.15) is 0 Å². The predicted molar refractivity (Wildman–Crippen MR) is 74.2 cm³/mol. The van der Waals surface area contributed by atoms with Gasteiger partial charge in [-0.2, -0.15) is 0 Å². The Labute approximate surface area is 115 Å². The quantitative estimate of drug-likeness (QED) is 0.595. The van der Waals surface area contributed by atoms with Gasteiger partial charge in [0.25, 0.3) is 0 Å². The van der Waals surface area contributed by atoms with E-state index < -0.39 is 0 Å². The van der Waals surface area contributed by atoms with Gasteiger partial charge in [-0.15, -0.1) is 22.7 Å². The van der Waals surface area contributed by atoms with Crippen LogP contribution in [-0.2, 0) is 0 Å². The average Bonchev–Trinajstić information content (AvgIpc) is 2.71. The van der Waals surface area contributed by atoms with E-state index in [1.807, 2.05) is 6.07 Å². The summed E-state index contributed by atoms with van der Waals surface area (Å²) in [7, 11) is 0. The third kappa shape index (κ3) is 2.42. The van der Waals surface area contributed by atoms with Crippen LogP contribution >= 0.6 is 61.8 Å². The Morgan fingerprint density at radius 2 is 2.13 bits per heavy atom. The van der Waals surface area contributed by atoms with Crippen molar-refractivity contribution in [1.29, 1.82) is 0 Å². The van der Waals surface area contributed by atoms with Crippen molar-refractivity contribution in [3.63, 3.8) is 0 Å². The second-order valence-corrected chi connectivity index (χ2v) is 7.26. The van der Waals surface area contributed by atoms with Crippen molar-refractivity contribution < 1.29 is 0 Å². The summed E-state index contributed by atoms with van der Waals surface area (Å²) >= 11 is 18.8. The molecule has 15 heavy (non-hydrogen) atoms. The van der Waals surface area contributed by atoms with Gasteiger partial charge in [-0.25, -0.2) is 0 Å². The lowest BCUT2D eigenvalue weighted by Gasteiger charge is -2.07. The second kappa shape index (κ2) is 4.76. The van der Waals surface area contributed by atoms with Crippen LogP contribution in [0.5, 0.6) is 0 Å². The summed E-state index contributed by atoms with van der Waals surface area (Å²) in [5, 5.41) is 2.08. The lowest BCUT2D eigenvalue weighted by molar-refractivity contribution is 1.21. The molecule has 0 saturated carbocycles. The normalized spacial score (nSPS) is 13.1. The molecule has 2 aromatic rings. The van der Waals surface area contributed by atoms with E-state index >= 15 is 0 Å². The zero-order valence-corrected chi connectivity index (χ0v) is 12.5. The van der Waals surface area contributed by atoms with E-state index in [4.69, 9.17) is 23.2 Å². The Kier molecular flexibility index (Phi) is 3.79. The zero-order valence-electron chi connectivity index (χ0n) is 7.76. The van der Waals surface area contributed by atoms with Gasteiger partial charge in [0.05, 0.1) is 13.5 Å². The molecule has 0 N–H and O–H groups in total. The number of halogens is 3. The van der Waals surface area contributed by atoms with E-state index in [2.05, 4.69) is 34.3 Å². The van der Waals surface area contributed by atoms with Crippen molar-refractivity contribution in [2.45, 2.75) is 11.8 Å². The topological polar surface area (TPSA) is 0 Å². The highest BCUT2D eigenvalue weighted by molar-refractivity contribution is 9.09. The van der Waals surface area contributed by atoms with Crippen LogP contribution < -0.4 is 0 Å². The highest BCUT2D eigenvalue weighted by atomic mass is 79.9. The summed E-state index contributed by atoms with van der Waals surface area (Å²) in [5.41, 5.74) is 2.33. The molecule has 0 fully saturated rings. The predicted octanol–water partition coefficient (Wildman–Crippen LogP) is 5.91. The van der Waals surface area contributed by atoms with E-state index in [-0.39, 0.29) is 4.83 Å². The van der Waals surface area contributed by atoms with Crippen LogP contribution in [0.3, 0.4) is 0 Å². The SMILES string of the molecule is Cc1ccsc1C(Br)c1cc(Cl)sc1Cl. The van der Waals surface area contributed by atoms with Crippen molar-refractivity contribution in [2.24, 2.45) is 0 Å². The fraction of sp³-hybridized carbons (Fsp3) is 0.200. The molecule has 5 heteroatoms. The van der Waals surface area contributed by atoms with Crippen LogP contribution in [0.15, 0.2) is 17.5 Å². The summed E-state index contributed by atoms with van der Waals surface area (Å²) in [6.45, 7) is 2.10. The van der Waals surface area contributed by atoms with Crippen LogP contribution in [0, 0.1) is 6.92 Å². The lowest BCUT2D eigenvalue weighted by Crippen LogP contribution is -1.89. The first-order valence-corrected chi connectivity index (χ1v) is 7.59. The van der Waals surface area contributed by atoms with Gasteiger partial charge >= 0.3 is 0 Å². The Morgan fingerprint density at radius 3 is 2.60 bits per heavy atom. The third-order valence-corrected chi connectivity index (χ3v) is 5.94. The highest BCUT2D eigenvalue weighted by Gasteiger charge is 2.19. The Hall–Kier alpha value is 0.460. The molecule has 0 spiro atoms. The van der Waals surface area contributed by atoms with Gasteiger partial charge in [-0.3, -0.25) is 0 Å². The van der Waals surface area contributed by atoms with Crippen molar-refractivity contribution in [3.05, 3.63) is 42.2 Å². The Balaban J connectivity index is 2.40. The molecule has 0 aliphatic rings. The minimum atomic E-state index is 0.147. The van der Waals surface area contributed by atoms with E-state index in [0.717, 1.165) is 14.2 Å². The molecular formula is C10H7BrCl2S2. The molecule has 1 atom stereocenters. The largest absolute Gasteiger partial charge is 0.147 e. The third-order valence-electron chi connectivity index (χ3n) is 2.09. The molecule has 0 saturated heterocycles. The number of alkyl halides is 1. The molecule has 0 aromatic carbocycles. The summed E-state index contributed by atoms with van der Waals surface area (Å²) < 4.78 is 1.49. The minimum Gasteiger partial charge on any atom is -0.147 e. The molecule has 0 aliphatic heterocycles. The van der Waals surface area contributed by atoms with E-state index in [9.17, 15) is 0 Å². The van der Waals surface area contributed by atoms with Gasteiger partial charge in [0, 0.05) is 10.4 Å². The summed E-state index contributed by atoms with van der Waals surface area (Å²) in [6, 6.07) is 4.03. The highest BCUT2D eigenvalue weighted by Crippen LogP contribution is 2.43. The van der Waals surface area contributed by atoms with Crippen LogP contribution in [0.1, 0.15) is 20.8 Å². The first kappa shape index (κ1) is 11.9. The molecule has 0 bridgehead atoms. The molecule has 0 aliphatic carbocycles. The number of thiophene rings is 2. The molecule has 80 valence electrons. The molecule has 0 nitrogen and oxygen atoms in total. The maximum absolute atomic E-state index is 6.12. The average molecular weight is 342 g/mol. The summed E-state index contributed by atoms with van der Waals surface area (Å²) in [4.78, 5) is 1.43. The van der Waals surface area contributed by atoms with E-state index in [1.54, 1.807) is 11.3 Å². The lowest BCUT2D eigenvalue weighted by atomic mass is 10.1. The monoisotopic (exact) mass is 340 g/mol. The number of rotatable bonds is 2. The van der Waals surface area contributed by atoms with Crippen LogP contribution in [-0.4, -0.2) is 0 Å². The van der Waals surface area contributed by atoms with Gasteiger partial charge in [0.2, 0.25) is 0 Å². The van der Waals surface area contributed by atoms with Gasteiger partial charge < -0.3 is 0 Å². The van der Waals surface area contributed by atoms with Crippen molar-refractivity contribution in [2.75, 3.05) is 0 Å². The molecule has 0 amide bonds. The van der Waals surface area contributed by atoms with E-state index in [0.29, 0.717) is 0 Å². The van der Waals surface area contributed by atoms with E-state index in [1.165, 1.54) is 21.8 Å². The first-order chi connectivity index (χ1) is 7.09. The summed E-state index contributed by atoms with van der Waals surface area (Å²) in [5.74, 6) is 0. The molecule has 0 radical (unpaired) electrons. The first-order valence-electron chi connectivity index (χ1n) is 4.22. The minimum absolute atomic E-state index is 0.147. The fourth-order valence-corrected chi connectivity index (χ4v) is 5.09. The fourth-order valence-electron chi connectivity index (χ4n) is 1.31. The maximum atomic E-state index is 6.12. The van der Waals surface area contributed by atoms with Crippen LogP contribution in [0.25, 0.3) is 0 Å². The zero-order chi connectivity index (χ0) is 11.0. The van der Waals surface area contributed by atoms with Gasteiger partial charge in [-0.1, -0.05) is 39.1 Å². The maximum Gasteiger partial charge on any atom is 0.0991 e.